The van der Waals surface area contributed by atoms with Gasteiger partial charge in [0.05, 0.1) is 6.33 Å². The molecule has 9 nitrogen and oxygen atoms in total. The summed E-state index contributed by atoms with van der Waals surface area (Å²) in [6.45, 7) is 1.38. The molecule has 0 bridgehead atoms. The molecule has 3 aromatic rings. The highest BCUT2D eigenvalue weighted by atomic mass is 16.4. The van der Waals surface area contributed by atoms with Crippen LogP contribution in [0.1, 0.15) is 23.0 Å². The second-order valence-corrected chi connectivity index (χ2v) is 5.65. The predicted molar refractivity (Wildman–Crippen MR) is 88.0 cm³/mol. The van der Waals surface area contributed by atoms with Gasteiger partial charge < -0.3 is 15.4 Å². The smallest absolute Gasteiger partial charge is 0.333 e. The molecule has 1 atom stereocenters. The van der Waals surface area contributed by atoms with E-state index in [1.807, 2.05) is 0 Å². The monoisotopic (exact) mass is 341 g/mol. The number of nitrogens with zero attached hydrogens (tertiary/aromatic N) is 3. The van der Waals surface area contributed by atoms with Gasteiger partial charge >= 0.3 is 5.97 Å². The second kappa shape index (κ2) is 5.86. The van der Waals surface area contributed by atoms with Crippen molar-refractivity contribution in [3.8, 4) is 0 Å². The fourth-order valence-electron chi connectivity index (χ4n) is 2.57. The number of aliphatic carboxylic acids is 1. The third kappa shape index (κ3) is 2.65. The van der Waals surface area contributed by atoms with E-state index in [2.05, 4.69) is 20.4 Å². The van der Waals surface area contributed by atoms with E-state index in [1.165, 1.54) is 18.7 Å². The van der Waals surface area contributed by atoms with Crippen LogP contribution in [0.25, 0.3) is 11.0 Å². The Morgan fingerprint density at radius 2 is 1.96 bits per heavy atom. The second-order valence-electron chi connectivity index (χ2n) is 5.65. The standard InChI is InChI=1S/C16H15N5O4/c1-16(15(24)25,9-6-4-3-5-7-9)19-13(22)11-10-12(21(2)20-11)14(23)18-8-17-10/h3-8H,1-2H3,(H,19,22)(H,24,25)(H,17,18,23). The van der Waals surface area contributed by atoms with Crippen molar-refractivity contribution in [2.24, 2.45) is 7.05 Å². The van der Waals surface area contributed by atoms with Crippen LogP contribution in [-0.4, -0.2) is 36.7 Å². The summed E-state index contributed by atoms with van der Waals surface area (Å²) in [6, 6.07) is 8.32. The number of amides is 1. The molecule has 3 rings (SSSR count). The molecule has 0 fully saturated rings. The molecule has 0 aliphatic rings. The molecule has 0 radical (unpaired) electrons. The van der Waals surface area contributed by atoms with Gasteiger partial charge in [-0.2, -0.15) is 5.10 Å². The highest BCUT2D eigenvalue weighted by Gasteiger charge is 2.38. The number of carboxylic acid groups (broad SMARTS) is 1. The van der Waals surface area contributed by atoms with Crippen LogP contribution >= 0.6 is 0 Å². The molecule has 1 unspecified atom stereocenters. The first-order valence-electron chi connectivity index (χ1n) is 7.36. The van der Waals surface area contributed by atoms with E-state index >= 15 is 0 Å². The van der Waals surface area contributed by atoms with Crippen LogP contribution in [0.5, 0.6) is 0 Å². The zero-order chi connectivity index (χ0) is 18.2. The molecule has 2 aromatic heterocycles. The van der Waals surface area contributed by atoms with E-state index in [0.29, 0.717) is 5.56 Å². The number of hydrogen-bond acceptors (Lipinski definition) is 5. The molecule has 0 aliphatic heterocycles. The van der Waals surface area contributed by atoms with Gasteiger partial charge in [0, 0.05) is 7.05 Å². The minimum Gasteiger partial charge on any atom is -0.479 e. The van der Waals surface area contributed by atoms with Crippen LogP contribution in [0.3, 0.4) is 0 Å². The van der Waals surface area contributed by atoms with E-state index in [0.717, 1.165) is 6.33 Å². The quantitative estimate of drug-likeness (QED) is 0.629. The van der Waals surface area contributed by atoms with Gasteiger partial charge in [-0.1, -0.05) is 30.3 Å². The number of benzene rings is 1. The number of H-pyrrole nitrogens is 1. The summed E-state index contributed by atoms with van der Waals surface area (Å²) in [5, 5.41) is 16.1. The first-order chi connectivity index (χ1) is 11.8. The molecule has 9 heteroatoms. The highest BCUT2D eigenvalue weighted by molar-refractivity contribution is 6.04. The van der Waals surface area contributed by atoms with E-state index in [-0.39, 0.29) is 16.7 Å². The first-order valence-corrected chi connectivity index (χ1v) is 7.36. The van der Waals surface area contributed by atoms with Gasteiger partial charge in [0.15, 0.2) is 16.7 Å². The lowest BCUT2D eigenvalue weighted by Crippen LogP contribution is -2.49. The highest BCUT2D eigenvalue weighted by Crippen LogP contribution is 2.22. The molecule has 128 valence electrons. The zero-order valence-electron chi connectivity index (χ0n) is 13.5. The number of aryl methyl sites for hydroxylation is 1. The lowest BCUT2D eigenvalue weighted by molar-refractivity contribution is -0.144. The van der Waals surface area contributed by atoms with Crippen LogP contribution in [0.4, 0.5) is 0 Å². The maximum absolute atomic E-state index is 12.7. The van der Waals surface area contributed by atoms with Crippen LogP contribution in [0, 0.1) is 0 Å². The van der Waals surface area contributed by atoms with Crippen molar-refractivity contribution in [1.82, 2.24) is 25.1 Å². The molecule has 1 aromatic carbocycles. The zero-order valence-corrected chi connectivity index (χ0v) is 13.5. The van der Waals surface area contributed by atoms with Crippen molar-refractivity contribution in [1.29, 1.82) is 0 Å². The Morgan fingerprint density at radius 1 is 1.28 bits per heavy atom. The SMILES string of the molecule is Cn1nc(C(=O)NC(C)(C(=O)O)c2ccccc2)c2nc[nH]c(=O)c21. The van der Waals surface area contributed by atoms with Crippen molar-refractivity contribution >= 4 is 22.9 Å². The summed E-state index contributed by atoms with van der Waals surface area (Å²) in [7, 11) is 1.50. The molecule has 3 N–H and O–H groups in total. The predicted octanol–water partition coefficient (Wildman–Crippen LogP) is 0.386. The summed E-state index contributed by atoms with van der Waals surface area (Å²) in [6.07, 6.45) is 1.16. The number of rotatable bonds is 4. The average Bonchev–Trinajstić information content (AvgIpc) is 2.93. The van der Waals surface area contributed by atoms with Gasteiger partial charge in [0.2, 0.25) is 0 Å². The number of hydrogen-bond donors (Lipinski definition) is 3. The maximum Gasteiger partial charge on any atom is 0.333 e. The number of aromatic amines is 1. The molecule has 0 spiro atoms. The van der Waals surface area contributed by atoms with E-state index in [9.17, 15) is 19.5 Å². The molecule has 2 heterocycles. The Kier molecular flexibility index (Phi) is 3.84. The third-order valence-corrected chi connectivity index (χ3v) is 3.98. The van der Waals surface area contributed by atoms with Gasteiger partial charge in [-0.05, 0) is 12.5 Å². The fourth-order valence-corrected chi connectivity index (χ4v) is 2.57. The van der Waals surface area contributed by atoms with Gasteiger partial charge in [-0.15, -0.1) is 0 Å². The Hall–Kier alpha value is -3.49. The van der Waals surface area contributed by atoms with Crippen molar-refractivity contribution in [2.45, 2.75) is 12.5 Å². The van der Waals surface area contributed by atoms with E-state index in [1.54, 1.807) is 30.3 Å². The summed E-state index contributed by atoms with van der Waals surface area (Å²) in [4.78, 5) is 42.7. The summed E-state index contributed by atoms with van der Waals surface area (Å²) >= 11 is 0. The van der Waals surface area contributed by atoms with Gasteiger partial charge in [0.1, 0.15) is 5.52 Å². The molecular formula is C16H15N5O4. The van der Waals surface area contributed by atoms with Crippen molar-refractivity contribution in [3.05, 3.63) is 58.3 Å². The Morgan fingerprint density at radius 3 is 2.60 bits per heavy atom. The Bertz CT molecular complexity index is 1020. The third-order valence-electron chi connectivity index (χ3n) is 3.98. The number of carbonyl (C=O) groups excluding carboxylic acids is 1. The fraction of sp³-hybridized carbons (Fsp3) is 0.188. The first kappa shape index (κ1) is 16.4. The van der Waals surface area contributed by atoms with E-state index < -0.39 is 23.0 Å². The van der Waals surface area contributed by atoms with Crippen molar-refractivity contribution < 1.29 is 14.7 Å². The summed E-state index contributed by atoms with van der Waals surface area (Å²) < 4.78 is 1.23. The van der Waals surface area contributed by atoms with Gasteiger partial charge in [-0.25, -0.2) is 9.78 Å². The number of aromatic nitrogens is 4. The number of nitrogens with one attached hydrogen (secondary N) is 2. The largest absolute Gasteiger partial charge is 0.479 e. The van der Waals surface area contributed by atoms with Crippen LogP contribution in [0.15, 0.2) is 41.5 Å². The molecule has 1 amide bonds. The normalized spacial score (nSPS) is 13.4. The number of fused-ring (bicyclic) bond motifs is 1. The van der Waals surface area contributed by atoms with Gasteiger partial charge in [-0.3, -0.25) is 14.3 Å². The number of carboxylic acids is 1. The van der Waals surface area contributed by atoms with Crippen LogP contribution in [0.2, 0.25) is 0 Å². The molecule has 0 saturated carbocycles. The maximum atomic E-state index is 12.7. The Balaban J connectivity index is 2.06. The molecule has 0 aliphatic carbocycles. The summed E-state index contributed by atoms with van der Waals surface area (Å²) in [5.74, 6) is -1.96. The molecular weight excluding hydrogens is 326 g/mol. The van der Waals surface area contributed by atoms with Crippen molar-refractivity contribution in [2.75, 3.05) is 0 Å². The lowest BCUT2D eigenvalue weighted by atomic mass is 9.92. The summed E-state index contributed by atoms with van der Waals surface area (Å²) in [5.41, 5.74) is -1.59. The molecule has 0 saturated heterocycles. The van der Waals surface area contributed by atoms with Gasteiger partial charge in [0.25, 0.3) is 11.5 Å². The average molecular weight is 341 g/mol. The number of carbonyl (C=O) groups is 2. The Labute approximate surface area is 141 Å². The van der Waals surface area contributed by atoms with Crippen molar-refractivity contribution in [3.63, 3.8) is 0 Å². The minimum atomic E-state index is -1.66. The topological polar surface area (TPSA) is 130 Å². The molecule has 25 heavy (non-hydrogen) atoms. The van der Waals surface area contributed by atoms with E-state index in [4.69, 9.17) is 0 Å². The minimum absolute atomic E-state index is 0.101. The van der Waals surface area contributed by atoms with Crippen LogP contribution in [-0.2, 0) is 17.4 Å². The lowest BCUT2D eigenvalue weighted by Gasteiger charge is -2.26. The van der Waals surface area contributed by atoms with Crippen LogP contribution < -0.4 is 10.9 Å².